The Morgan fingerprint density at radius 1 is 1.53 bits per heavy atom. The van der Waals surface area contributed by atoms with Crippen molar-refractivity contribution in [1.82, 2.24) is 5.32 Å². The maximum absolute atomic E-state index is 11.5. The second-order valence-corrected chi connectivity index (χ2v) is 4.06. The Morgan fingerprint density at radius 2 is 2.41 bits per heavy atom. The smallest absolute Gasteiger partial charge is 0.223 e. The summed E-state index contributed by atoms with van der Waals surface area (Å²) in [6, 6.07) is 3.76. The molecule has 1 aromatic heterocycles. The van der Waals surface area contributed by atoms with E-state index in [9.17, 15) is 4.79 Å². The largest absolute Gasteiger partial charge is 0.461 e. The van der Waals surface area contributed by atoms with Crippen molar-refractivity contribution in [2.75, 3.05) is 19.8 Å². The number of piperidine rings is 1. The molecule has 1 fully saturated rings. The Labute approximate surface area is 107 Å². The van der Waals surface area contributed by atoms with Crippen LogP contribution in [0.1, 0.15) is 29.8 Å². The summed E-state index contributed by atoms with van der Waals surface area (Å²) < 4.78 is 10.4. The lowest BCUT2D eigenvalue weighted by Gasteiger charge is -2.22. The van der Waals surface area contributed by atoms with Gasteiger partial charge >= 0.3 is 0 Å². The molecular formula is C12H18ClNO3. The van der Waals surface area contributed by atoms with Crippen LogP contribution in [0.2, 0.25) is 0 Å². The van der Waals surface area contributed by atoms with E-state index in [1.165, 1.54) is 19.1 Å². The molecule has 0 aliphatic carbocycles. The van der Waals surface area contributed by atoms with Crippen molar-refractivity contribution in [2.24, 2.45) is 0 Å². The van der Waals surface area contributed by atoms with Crippen LogP contribution in [-0.2, 0) is 4.74 Å². The second kappa shape index (κ2) is 7.48. The lowest BCUT2D eigenvalue weighted by molar-refractivity contribution is 0.0667. The number of rotatable bonds is 5. The number of ketones is 1. The monoisotopic (exact) mass is 259 g/mol. The molecule has 2 rings (SSSR count). The highest BCUT2D eigenvalue weighted by Gasteiger charge is 2.14. The average Bonchev–Trinajstić information content (AvgIpc) is 2.84. The number of ether oxygens (including phenoxy) is 1. The van der Waals surface area contributed by atoms with E-state index in [1.54, 1.807) is 12.1 Å². The molecule has 1 aromatic rings. The third-order valence-electron chi connectivity index (χ3n) is 2.76. The molecule has 17 heavy (non-hydrogen) atoms. The molecule has 0 radical (unpaired) electrons. The van der Waals surface area contributed by atoms with E-state index < -0.39 is 0 Å². The minimum atomic E-state index is -0.0965. The normalized spacial score (nSPS) is 19.6. The number of furan rings is 1. The van der Waals surface area contributed by atoms with Gasteiger partial charge in [0.15, 0.2) is 5.76 Å². The number of carbonyl (C=O) groups is 1. The molecule has 1 saturated heterocycles. The summed E-state index contributed by atoms with van der Waals surface area (Å²) in [5.74, 6) is 0.275. The van der Waals surface area contributed by atoms with E-state index in [0.717, 1.165) is 13.0 Å². The summed E-state index contributed by atoms with van der Waals surface area (Å²) in [6.07, 6.45) is 5.11. The summed E-state index contributed by atoms with van der Waals surface area (Å²) in [5.41, 5.74) is 0. The van der Waals surface area contributed by atoms with Gasteiger partial charge in [-0.3, -0.25) is 4.79 Å². The van der Waals surface area contributed by atoms with E-state index in [-0.39, 0.29) is 24.8 Å². The Balaban J connectivity index is 0.00000144. The first-order chi connectivity index (χ1) is 7.86. The molecule has 0 spiro atoms. The highest BCUT2D eigenvalue weighted by atomic mass is 35.5. The van der Waals surface area contributed by atoms with Crippen LogP contribution in [0.5, 0.6) is 0 Å². The van der Waals surface area contributed by atoms with Crippen molar-refractivity contribution in [3.63, 3.8) is 0 Å². The summed E-state index contributed by atoms with van der Waals surface area (Å²) >= 11 is 0. The maximum atomic E-state index is 11.5. The molecule has 1 N–H and O–H groups in total. The van der Waals surface area contributed by atoms with E-state index in [2.05, 4.69) is 5.32 Å². The highest BCUT2D eigenvalue weighted by Crippen LogP contribution is 2.07. The van der Waals surface area contributed by atoms with E-state index in [4.69, 9.17) is 9.15 Å². The van der Waals surface area contributed by atoms with Gasteiger partial charge in [-0.2, -0.15) is 0 Å². The molecule has 0 amide bonds. The number of Topliss-reactive ketones (excluding diaryl/α,β-unsaturated/α-hetero) is 1. The van der Waals surface area contributed by atoms with Crippen LogP contribution in [-0.4, -0.2) is 31.6 Å². The number of hydrogen-bond donors (Lipinski definition) is 1. The van der Waals surface area contributed by atoms with E-state index >= 15 is 0 Å². The average molecular weight is 260 g/mol. The number of carbonyl (C=O) groups excluding carboxylic acids is 1. The van der Waals surface area contributed by atoms with Crippen LogP contribution >= 0.6 is 12.4 Å². The fraction of sp³-hybridized carbons (Fsp3) is 0.583. The fourth-order valence-corrected chi connectivity index (χ4v) is 1.87. The molecule has 1 unspecified atom stereocenters. The van der Waals surface area contributed by atoms with Crippen molar-refractivity contribution < 1.29 is 13.9 Å². The SMILES string of the molecule is Cl.O=C(COCC1CCCCN1)c1ccco1. The van der Waals surface area contributed by atoms with Gasteiger partial charge in [-0.1, -0.05) is 6.42 Å². The van der Waals surface area contributed by atoms with Gasteiger partial charge in [-0.15, -0.1) is 12.4 Å². The van der Waals surface area contributed by atoms with Crippen molar-refractivity contribution in [1.29, 1.82) is 0 Å². The molecule has 2 heterocycles. The van der Waals surface area contributed by atoms with E-state index in [1.807, 2.05) is 0 Å². The number of hydrogen-bond acceptors (Lipinski definition) is 4. The molecule has 5 heteroatoms. The summed E-state index contributed by atoms with van der Waals surface area (Å²) in [5, 5.41) is 3.37. The minimum Gasteiger partial charge on any atom is -0.461 e. The van der Waals surface area contributed by atoms with Crippen molar-refractivity contribution in [3.05, 3.63) is 24.2 Å². The molecule has 1 atom stereocenters. The molecule has 0 saturated carbocycles. The third kappa shape index (κ3) is 4.50. The van der Waals surface area contributed by atoms with Crippen LogP contribution in [0.25, 0.3) is 0 Å². The standard InChI is InChI=1S/C12H17NO3.ClH/c14-11(12-5-3-7-16-12)9-15-8-10-4-1-2-6-13-10;/h3,5,7,10,13H,1-2,4,6,8-9H2;1H. The zero-order valence-corrected chi connectivity index (χ0v) is 10.5. The highest BCUT2D eigenvalue weighted by molar-refractivity contribution is 5.94. The van der Waals surface area contributed by atoms with Crippen LogP contribution in [0, 0.1) is 0 Å². The first kappa shape index (κ1) is 14.2. The van der Waals surface area contributed by atoms with Crippen LogP contribution in [0.3, 0.4) is 0 Å². The summed E-state index contributed by atoms with van der Waals surface area (Å²) in [7, 11) is 0. The third-order valence-corrected chi connectivity index (χ3v) is 2.76. The Hall–Kier alpha value is -0.840. The van der Waals surface area contributed by atoms with Gasteiger partial charge in [0, 0.05) is 6.04 Å². The quantitative estimate of drug-likeness (QED) is 0.823. The summed E-state index contributed by atoms with van der Waals surface area (Å²) in [4.78, 5) is 11.5. The fourth-order valence-electron chi connectivity index (χ4n) is 1.87. The molecule has 1 aliphatic rings. The van der Waals surface area contributed by atoms with Crippen molar-refractivity contribution >= 4 is 18.2 Å². The Morgan fingerprint density at radius 3 is 3.06 bits per heavy atom. The van der Waals surface area contributed by atoms with Gasteiger partial charge in [0.25, 0.3) is 0 Å². The molecular weight excluding hydrogens is 242 g/mol. The zero-order chi connectivity index (χ0) is 11.2. The zero-order valence-electron chi connectivity index (χ0n) is 9.69. The first-order valence-electron chi connectivity index (χ1n) is 5.74. The van der Waals surface area contributed by atoms with Crippen molar-refractivity contribution in [2.45, 2.75) is 25.3 Å². The lowest BCUT2D eigenvalue weighted by atomic mass is 10.1. The first-order valence-corrected chi connectivity index (χ1v) is 5.74. The molecule has 96 valence electrons. The van der Waals surface area contributed by atoms with E-state index in [0.29, 0.717) is 18.4 Å². The number of halogens is 1. The van der Waals surface area contributed by atoms with Gasteiger partial charge in [-0.25, -0.2) is 0 Å². The predicted octanol–water partition coefficient (Wildman–Crippen LogP) is 2.04. The van der Waals surface area contributed by atoms with Gasteiger partial charge in [-0.05, 0) is 31.5 Å². The van der Waals surface area contributed by atoms with Crippen molar-refractivity contribution in [3.8, 4) is 0 Å². The summed E-state index contributed by atoms with van der Waals surface area (Å²) in [6.45, 7) is 1.76. The predicted molar refractivity (Wildman–Crippen MR) is 66.7 cm³/mol. The van der Waals surface area contributed by atoms with Gasteiger partial charge in [0.05, 0.1) is 12.9 Å². The molecule has 4 nitrogen and oxygen atoms in total. The van der Waals surface area contributed by atoms with Gasteiger partial charge in [0.2, 0.25) is 5.78 Å². The maximum Gasteiger partial charge on any atom is 0.223 e. The number of nitrogens with one attached hydrogen (secondary N) is 1. The minimum absolute atomic E-state index is 0. The molecule has 0 bridgehead atoms. The molecule has 1 aliphatic heterocycles. The van der Waals surface area contributed by atoms with Crippen LogP contribution < -0.4 is 5.32 Å². The van der Waals surface area contributed by atoms with Gasteiger partial charge in [0.1, 0.15) is 6.61 Å². The molecule has 0 aromatic carbocycles. The Bertz CT molecular complexity index is 321. The van der Waals surface area contributed by atoms with Crippen LogP contribution in [0.4, 0.5) is 0 Å². The van der Waals surface area contributed by atoms with Crippen LogP contribution in [0.15, 0.2) is 22.8 Å². The lowest BCUT2D eigenvalue weighted by Crippen LogP contribution is -2.38. The van der Waals surface area contributed by atoms with Gasteiger partial charge < -0.3 is 14.5 Å². The topological polar surface area (TPSA) is 51.5 Å². The second-order valence-electron chi connectivity index (χ2n) is 4.06. The Kier molecular flexibility index (Phi) is 6.26.